The Bertz CT molecular complexity index is 628. The minimum Gasteiger partial charge on any atom is -0.489 e. The number of benzene rings is 2. The Morgan fingerprint density at radius 1 is 1.20 bits per heavy atom. The largest absolute Gasteiger partial charge is 0.489 e. The summed E-state index contributed by atoms with van der Waals surface area (Å²) < 4.78 is 19.2. The highest BCUT2D eigenvalue weighted by Crippen LogP contribution is 2.23. The number of carboxylic acid groups (broad SMARTS) is 1. The van der Waals surface area contributed by atoms with E-state index in [1.165, 1.54) is 12.1 Å². The first-order chi connectivity index (χ1) is 9.56. The summed E-state index contributed by atoms with van der Waals surface area (Å²) in [7, 11) is 0. The molecule has 0 radical (unpaired) electrons. The van der Waals surface area contributed by atoms with Crippen LogP contribution < -0.4 is 4.74 Å². The van der Waals surface area contributed by atoms with Crippen molar-refractivity contribution in [3.05, 3.63) is 63.9 Å². The van der Waals surface area contributed by atoms with Gasteiger partial charge in [0.15, 0.2) is 0 Å². The Kier molecular flexibility index (Phi) is 4.74. The number of para-hydroxylation sites is 1. The summed E-state index contributed by atoms with van der Waals surface area (Å²) in [5.74, 6) is -0.720. The molecule has 0 saturated heterocycles. The first kappa shape index (κ1) is 14.5. The molecule has 0 amide bonds. The zero-order chi connectivity index (χ0) is 14.5. The molecule has 3 nitrogen and oxygen atoms in total. The molecule has 0 heterocycles. The highest BCUT2D eigenvalue weighted by atomic mass is 79.9. The quantitative estimate of drug-likeness (QED) is 0.901. The van der Waals surface area contributed by atoms with Crippen LogP contribution in [0.1, 0.15) is 11.1 Å². The highest BCUT2D eigenvalue weighted by Gasteiger charge is 2.08. The summed E-state index contributed by atoms with van der Waals surface area (Å²) in [6.07, 6.45) is -0.0965. The van der Waals surface area contributed by atoms with Crippen molar-refractivity contribution < 1.29 is 19.0 Å². The van der Waals surface area contributed by atoms with E-state index in [1.54, 1.807) is 30.3 Å². The number of carboxylic acids is 1. The summed E-state index contributed by atoms with van der Waals surface area (Å²) in [6, 6.07) is 11.3. The third kappa shape index (κ3) is 3.81. The van der Waals surface area contributed by atoms with Crippen LogP contribution in [0.4, 0.5) is 4.39 Å². The molecule has 104 valence electrons. The molecule has 0 unspecified atom stereocenters. The van der Waals surface area contributed by atoms with Crippen molar-refractivity contribution in [2.75, 3.05) is 0 Å². The fourth-order valence-electron chi connectivity index (χ4n) is 1.75. The highest BCUT2D eigenvalue weighted by molar-refractivity contribution is 9.10. The van der Waals surface area contributed by atoms with Gasteiger partial charge < -0.3 is 9.84 Å². The second kappa shape index (κ2) is 6.52. The molecule has 0 aromatic heterocycles. The second-order valence-electron chi connectivity index (χ2n) is 4.20. The molecule has 0 fully saturated rings. The first-order valence-corrected chi connectivity index (χ1v) is 6.72. The predicted molar refractivity (Wildman–Crippen MR) is 76.2 cm³/mol. The minimum atomic E-state index is -0.913. The van der Waals surface area contributed by atoms with Gasteiger partial charge in [-0.2, -0.15) is 0 Å². The van der Waals surface area contributed by atoms with E-state index in [4.69, 9.17) is 9.84 Å². The Labute approximate surface area is 124 Å². The van der Waals surface area contributed by atoms with Crippen molar-refractivity contribution in [2.24, 2.45) is 0 Å². The lowest BCUT2D eigenvalue weighted by Crippen LogP contribution is -2.04. The second-order valence-corrected chi connectivity index (χ2v) is 5.06. The maximum atomic E-state index is 13.0. The lowest BCUT2D eigenvalue weighted by Gasteiger charge is -2.11. The van der Waals surface area contributed by atoms with Crippen LogP contribution >= 0.6 is 15.9 Å². The maximum Gasteiger partial charge on any atom is 0.307 e. The van der Waals surface area contributed by atoms with Crippen LogP contribution in [0.25, 0.3) is 0 Å². The molecule has 0 spiro atoms. The minimum absolute atomic E-state index is 0.0965. The van der Waals surface area contributed by atoms with Crippen molar-refractivity contribution in [3.63, 3.8) is 0 Å². The van der Waals surface area contributed by atoms with Gasteiger partial charge in [0.2, 0.25) is 0 Å². The Hall–Kier alpha value is -1.88. The summed E-state index contributed by atoms with van der Waals surface area (Å²) in [5, 5.41) is 8.85. The van der Waals surface area contributed by atoms with E-state index in [2.05, 4.69) is 15.9 Å². The van der Waals surface area contributed by atoms with Gasteiger partial charge in [-0.15, -0.1) is 0 Å². The molecule has 20 heavy (non-hydrogen) atoms. The van der Waals surface area contributed by atoms with E-state index in [1.807, 2.05) is 0 Å². The Balaban J connectivity index is 2.12. The zero-order valence-electron chi connectivity index (χ0n) is 10.5. The van der Waals surface area contributed by atoms with Crippen LogP contribution in [0.15, 0.2) is 46.9 Å². The fraction of sp³-hybridized carbons (Fsp3) is 0.133. The first-order valence-electron chi connectivity index (χ1n) is 5.92. The molecule has 1 N–H and O–H groups in total. The molecule has 0 atom stereocenters. The third-order valence-corrected chi connectivity index (χ3v) is 3.45. The lowest BCUT2D eigenvalue weighted by atomic mass is 10.1. The van der Waals surface area contributed by atoms with Gasteiger partial charge in [-0.3, -0.25) is 4.79 Å². The lowest BCUT2D eigenvalue weighted by molar-refractivity contribution is -0.136. The molecule has 0 aliphatic carbocycles. The molecule has 2 aromatic rings. The third-order valence-electron chi connectivity index (χ3n) is 2.71. The van der Waals surface area contributed by atoms with E-state index in [0.717, 1.165) is 5.56 Å². The number of carbonyl (C=O) groups is 1. The average Bonchev–Trinajstić information content (AvgIpc) is 2.39. The van der Waals surface area contributed by atoms with Gasteiger partial charge in [0, 0.05) is 15.6 Å². The SMILES string of the molecule is O=C(O)Cc1ccccc1OCc1ccc(F)cc1Br. The van der Waals surface area contributed by atoms with Crippen molar-refractivity contribution in [3.8, 4) is 5.75 Å². The van der Waals surface area contributed by atoms with Gasteiger partial charge in [-0.1, -0.05) is 40.2 Å². The number of hydrogen-bond acceptors (Lipinski definition) is 2. The molecule has 0 aliphatic heterocycles. The zero-order valence-corrected chi connectivity index (χ0v) is 12.1. The van der Waals surface area contributed by atoms with Crippen LogP contribution in [-0.2, 0) is 17.8 Å². The summed E-state index contributed by atoms with van der Waals surface area (Å²) >= 11 is 3.27. The van der Waals surface area contributed by atoms with Crippen molar-refractivity contribution >= 4 is 21.9 Å². The van der Waals surface area contributed by atoms with E-state index < -0.39 is 5.97 Å². The van der Waals surface area contributed by atoms with E-state index >= 15 is 0 Å². The van der Waals surface area contributed by atoms with Crippen LogP contribution in [0.3, 0.4) is 0 Å². The predicted octanol–water partition coefficient (Wildman–Crippen LogP) is 3.79. The number of hydrogen-bond donors (Lipinski definition) is 1. The average molecular weight is 339 g/mol. The van der Waals surface area contributed by atoms with Gasteiger partial charge in [-0.05, 0) is 18.2 Å². The van der Waals surface area contributed by atoms with Crippen LogP contribution in [0, 0.1) is 5.82 Å². The molecule has 0 bridgehead atoms. The van der Waals surface area contributed by atoms with Crippen LogP contribution in [0.2, 0.25) is 0 Å². The monoisotopic (exact) mass is 338 g/mol. The molecular weight excluding hydrogens is 327 g/mol. The van der Waals surface area contributed by atoms with Crippen LogP contribution in [0.5, 0.6) is 5.75 Å². The number of rotatable bonds is 5. The number of ether oxygens (including phenoxy) is 1. The normalized spacial score (nSPS) is 10.3. The molecule has 0 saturated carbocycles. The van der Waals surface area contributed by atoms with Crippen molar-refractivity contribution in [1.29, 1.82) is 0 Å². The summed E-state index contributed by atoms with van der Waals surface area (Å²) in [5.41, 5.74) is 1.40. The standard InChI is InChI=1S/C15H12BrFO3/c16-13-8-12(17)6-5-11(13)9-20-14-4-2-1-3-10(14)7-15(18)19/h1-6,8H,7,9H2,(H,18,19). The van der Waals surface area contributed by atoms with E-state index in [9.17, 15) is 9.18 Å². The Morgan fingerprint density at radius 2 is 1.95 bits per heavy atom. The van der Waals surface area contributed by atoms with Gasteiger partial charge in [0.25, 0.3) is 0 Å². The maximum absolute atomic E-state index is 13.0. The van der Waals surface area contributed by atoms with Crippen molar-refractivity contribution in [1.82, 2.24) is 0 Å². The number of halogens is 2. The van der Waals surface area contributed by atoms with Gasteiger partial charge in [0.05, 0.1) is 6.42 Å². The van der Waals surface area contributed by atoms with Gasteiger partial charge in [0.1, 0.15) is 18.2 Å². The molecule has 2 aromatic carbocycles. The van der Waals surface area contributed by atoms with Gasteiger partial charge >= 0.3 is 5.97 Å². The molecule has 5 heteroatoms. The van der Waals surface area contributed by atoms with Crippen molar-refractivity contribution in [2.45, 2.75) is 13.0 Å². The van der Waals surface area contributed by atoms with E-state index in [0.29, 0.717) is 15.8 Å². The van der Waals surface area contributed by atoms with E-state index in [-0.39, 0.29) is 18.8 Å². The van der Waals surface area contributed by atoms with Gasteiger partial charge in [-0.25, -0.2) is 4.39 Å². The molecule has 0 aliphatic rings. The van der Waals surface area contributed by atoms with Crippen LogP contribution in [-0.4, -0.2) is 11.1 Å². The Morgan fingerprint density at radius 3 is 2.65 bits per heavy atom. The number of aliphatic carboxylic acids is 1. The summed E-state index contributed by atoms with van der Waals surface area (Å²) in [6.45, 7) is 0.234. The molecular formula is C15H12BrFO3. The molecule has 2 rings (SSSR count). The topological polar surface area (TPSA) is 46.5 Å². The smallest absolute Gasteiger partial charge is 0.307 e. The summed E-state index contributed by atoms with van der Waals surface area (Å²) in [4.78, 5) is 10.8. The fourth-order valence-corrected chi connectivity index (χ4v) is 2.21.